The van der Waals surface area contributed by atoms with Crippen molar-refractivity contribution in [3.8, 4) is 5.88 Å². The van der Waals surface area contributed by atoms with E-state index in [1.54, 1.807) is 19.2 Å². The van der Waals surface area contributed by atoms with Crippen LogP contribution in [0.1, 0.15) is 30.2 Å². The summed E-state index contributed by atoms with van der Waals surface area (Å²) in [6.07, 6.45) is 2.15. The predicted molar refractivity (Wildman–Crippen MR) is 94.2 cm³/mol. The zero-order chi connectivity index (χ0) is 17.4. The van der Waals surface area contributed by atoms with Crippen LogP contribution >= 0.6 is 0 Å². The molecule has 0 unspecified atom stereocenters. The summed E-state index contributed by atoms with van der Waals surface area (Å²) in [5.74, 6) is 1.70. The number of methoxy groups -OCH3 is 1. The van der Waals surface area contributed by atoms with E-state index in [9.17, 15) is 4.79 Å². The second-order valence-electron chi connectivity index (χ2n) is 6.12. The molecule has 1 aromatic carbocycles. The van der Waals surface area contributed by atoms with E-state index in [4.69, 9.17) is 9.26 Å². The minimum Gasteiger partial charge on any atom is -0.481 e. The van der Waals surface area contributed by atoms with E-state index < -0.39 is 0 Å². The van der Waals surface area contributed by atoms with Crippen LogP contribution < -0.4 is 15.4 Å². The Morgan fingerprint density at radius 2 is 2.08 bits per heavy atom. The Morgan fingerprint density at radius 1 is 1.24 bits per heavy atom. The van der Waals surface area contributed by atoms with Gasteiger partial charge in [0.15, 0.2) is 5.76 Å². The number of rotatable bonds is 4. The van der Waals surface area contributed by atoms with E-state index in [0.29, 0.717) is 28.9 Å². The molecule has 0 saturated heterocycles. The second kappa shape index (κ2) is 6.08. The quantitative estimate of drug-likeness (QED) is 0.749. The highest BCUT2D eigenvalue weighted by Gasteiger charge is 2.32. The number of hydrogen-bond acceptors (Lipinski definition) is 5. The number of pyridine rings is 1. The van der Waals surface area contributed by atoms with E-state index in [0.717, 1.165) is 29.5 Å². The molecular weight excluding hydrogens is 320 g/mol. The van der Waals surface area contributed by atoms with Crippen LogP contribution in [0.2, 0.25) is 0 Å². The number of nitrogens with one attached hydrogen (secondary N) is 2. The van der Waals surface area contributed by atoms with E-state index in [1.165, 1.54) is 0 Å². The number of nitrogens with zero attached hydrogens (tertiary/aromatic N) is 2. The maximum atomic E-state index is 12.3. The standard InChI is InChI=1S/C18H18N4O3/c1-10-16(17(25-22-10)11-3-4-11)21-18(23)19-13-6-7-14-12(9-13)5-8-15(20-14)24-2/h5-9,11H,3-4H2,1-2H3,(H2,19,21,23). The highest BCUT2D eigenvalue weighted by molar-refractivity contribution is 6.01. The molecule has 2 amide bonds. The third-order valence-corrected chi connectivity index (χ3v) is 4.21. The number of anilines is 2. The molecule has 2 N–H and O–H groups in total. The van der Waals surface area contributed by atoms with Crippen LogP contribution in [0.5, 0.6) is 5.88 Å². The van der Waals surface area contributed by atoms with Gasteiger partial charge in [0.25, 0.3) is 0 Å². The summed E-state index contributed by atoms with van der Waals surface area (Å²) in [5.41, 5.74) is 2.84. The number of carbonyl (C=O) groups is 1. The Hall–Kier alpha value is -3.09. The molecule has 4 rings (SSSR count). The molecule has 1 aliphatic rings. The smallest absolute Gasteiger partial charge is 0.323 e. The predicted octanol–water partition coefficient (Wildman–Crippen LogP) is 4.06. The summed E-state index contributed by atoms with van der Waals surface area (Å²) >= 11 is 0. The molecule has 1 saturated carbocycles. The average molecular weight is 338 g/mol. The first-order valence-corrected chi connectivity index (χ1v) is 8.13. The van der Waals surface area contributed by atoms with Gasteiger partial charge in [0.05, 0.1) is 12.6 Å². The van der Waals surface area contributed by atoms with Crippen molar-refractivity contribution in [2.75, 3.05) is 17.7 Å². The topological polar surface area (TPSA) is 89.3 Å². The van der Waals surface area contributed by atoms with Crippen molar-refractivity contribution < 1.29 is 14.1 Å². The summed E-state index contributed by atoms with van der Waals surface area (Å²) in [6, 6.07) is 8.87. The first-order valence-electron chi connectivity index (χ1n) is 8.13. The Balaban J connectivity index is 1.51. The lowest BCUT2D eigenvalue weighted by Crippen LogP contribution is -2.20. The van der Waals surface area contributed by atoms with Crippen molar-refractivity contribution in [2.45, 2.75) is 25.7 Å². The van der Waals surface area contributed by atoms with Crippen LogP contribution in [-0.4, -0.2) is 23.3 Å². The number of ether oxygens (including phenoxy) is 1. The normalized spacial score (nSPS) is 13.7. The molecule has 0 atom stereocenters. The SMILES string of the molecule is COc1ccc2cc(NC(=O)Nc3c(C)noc3C3CC3)ccc2n1. The van der Waals surface area contributed by atoms with Crippen molar-refractivity contribution in [2.24, 2.45) is 0 Å². The molecule has 0 spiro atoms. The van der Waals surface area contributed by atoms with Crippen LogP contribution in [0.25, 0.3) is 10.9 Å². The van der Waals surface area contributed by atoms with Crippen LogP contribution in [0.4, 0.5) is 16.2 Å². The maximum Gasteiger partial charge on any atom is 0.323 e. The van der Waals surface area contributed by atoms with E-state index in [2.05, 4.69) is 20.8 Å². The minimum atomic E-state index is -0.325. The summed E-state index contributed by atoms with van der Waals surface area (Å²) < 4.78 is 10.5. The molecular formula is C18H18N4O3. The number of benzene rings is 1. The zero-order valence-corrected chi connectivity index (χ0v) is 14.0. The van der Waals surface area contributed by atoms with E-state index >= 15 is 0 Å². The molecule has 2 aromatic heterocycles. The van der Waals surface area contributed by atoms with Gasteiger partial charge in [-0.05, 0) is 44.0 Å². The number of hydrogen-bond donors (Lipinski definition) is 2. The van der Waals surface area contributed by atoms with Gasteiger partial charge in [0.2, 0.25) is 5.88 Å². The minimum absolute atomic E-state index is 0.325. The highest BCUT2D eigenvalue weighted by Crippen LogP contribution is 2.44. The van der Waals surface area contributed by atoms with Crippen LogP contribution in [0.3, 0.4) is 0 Å². The van der Waals surface area contributed by atoms with Gasteiger partial charge < -0.3 is 19.9 Å². The van der Waals surface area contributed by atoms with E-state index in [-0.39, 0.29) is 6.03 Å². The summed E-state index contributed by atoms with van der Waals surface area (Å²) in [7, 11) is 1.58. The molecule has 7 heteroatoms. The molecule has 7 nitrogen and oxygen atoms in total. The van der Waals surface area contributed by atoms with Crippen molar-refractivity contribution >= 4 is 28.3 Å². The molecule has 1 aliphatic carbocycles. The Morgan fingerprint density at radius 3 is 2.84 bits per heavy atom. The first kappa shape index (κ1) is 15.4. The van der Waals surface area contributed by atoms with Crippen molar-refractivity contribution in [1.82, 2.24) is 10.1 Å². The fourth-order valence-electron chi connectivity index (χ4n) is 2.74. The third-order valence-electron chi connectivity index (χ3n) is 4.21. The fraction of sp³-hybridized carbons (Fsp3) is 0.278. The highest BCUT2D eigenvalue weighted by atomic mass is 16.5. The molecule has 0 radical (unpaired) electrons. The van der Waals surface area contributed by atoms with Gasteiger partial charge in [0, 0.05) is 23.1 Å². The second-order valence-corrected chi connectivity index (χ2v) is 6.12. The van der Waals surface area contributed by atoms with Crippen LogP contribution in [0.15, 0.2) is 34.9 Å². The molecule has 3 aromatic rings. The molecule has 25 heavy (non-hydrogen) atoms. The number of aromatic nitrogens is 2. The van der Waals surface area contributed by atoms with Crippen molar-refractivity contribution in [1.29, 1.82) is 0 Å². The number of aryl methyl sites for hydroxylation is 1. The lowest BCUT2D eigenvalue weighted by molar-refractivity contribution is 0.262. The van der Waals surface area contributed by atoms with Crippen LogP contribution in [0, 0.1) is 6.92 Å². The monoisotopic (exact) mass is 338 g/mol. The van der Waals surface area contributed by atoms with Gasteiger partial charge in [-0.2, -0.15) is 0 Å². The zero-order valence-electron chi connectivity index (χ0n) is 14.0. The molecule has 128 valence electrons. The largest absolute Gasteiger partial charge is 0.481 e. The first-order chi connectivity index (χ1) is 12.1. The summed E-state index contributed by atoms with van der Waals surface area (Å²) in [5, 5.41) is 10.6. The molecule has 0 aliphatic heterocycles. The molecule has 0 bridgehead atoms. The Bertz CT molecular complexity index is 947. The van der Waals surface area contributed by atoms with Gasteiger partial charge in [-0.1, -0.05) is 5.16 Å². The van der Waals surface area contributed by atoms with Gasteiger partial charge >= 0.3 is 6.03 Å². The third kappa shape index (κ3) is 3.13. The van der Waals surface area contributed by atoms with Gasteiger partial charge in [-0.15, -0.1) is 0 Å². The Kier molecular flexibility index (Phi) is 3.76. The van der Waals surface area contributed by atoms with Gasteiger partial charge in [0.1, 0.15) is 11.4 Å². The maximum absolute atomic E-state index is 12.3. The number of fused-ring (bicyclic) bond motifs is 1. The molecule has 2 heterocycles. The van der Waals surface area contributed by atoms with E-state index in [1.807, 2.05) is 25.1 Å². The van der Waals surface area contributed by atoms with Crippen molar-refractivity contribution in [3.63, 3.8) is 0 Å². The number of urea groups is 1. The lowest BCUT2D eigenvalue weighted by Gasteiger charge is -2.09. The fourth-order valence-corrected chi connectivity index (χ4v) is 2.74. The molecule has 1 fully saturated rings. The number of carbonyl (C=O) groups excluding carboxylic acids is 1. The summed E-state index contributed by atoms with van der Waals surface area (Å²) in [4.78, 5) is 16.7. The lowest BCUT2D eigenvalue weighted by atomic mass is 10.2. The van der Waals surface area contributed by atoms with Crippen LogP contribution in [-0.2, 0) is 0 Å². The van der Waals surface area contributed by atoms with Gasteiger partial charge in [-0.25, -0.2) is 9.78 Å². The van der Waals surface area contributed by atoms with Crippen molar-refractivity contribution in [3.05, 3.63) is 41.8 Å². The summed E-state index contributed by atoms with van der Waals surface area (Å²) in [6.45, 7) is 1.82. The van der Waals surface area contributed by atoms with Gasteiger partial charge in [-0.3, -0.25) is 0 Å². The average Bonchev–Trinajstić information content (AvgIpc) is 3.39. The Labute approximate surface area is 144 Å². The number of amides is 2.